The van der Waals surface area contributed by atoms with Crippen molar-refractivity contribution in [1.82, 2.24) is 10.6 Å². The minimum Gasteiger partial charge on any atom is -0.382 e. The maximum Gasteiger partial charge on any atom is 0.247 e. The van der Waals surface area contributed by atoms with Crippen LogP contribution in [0.3, 0.4) is 0 Å². The second-order valence-electron chi connectivity index (χ2n) is 6.97. The van der Waals surface area contributed by atoms with Crippen LogP contribution in [-0.4, -0.2) is 40.7 Å². The molecule has 1 heterocycles. The number of sulfonamides is 1. The van der Waals surface area contributed by atoms with Gasteiger partial charge in [-0.2, -0.15) is 0 Å². The largest absolute Gasteiger partial charge is 0.382 e. The molecular weight excluding hydrogens is 384 g/mol. The molecule has 154 valence electrons. The van der Waals surface area contributed by atoms with Crippen LogP contribution in [-0.2, 0) is 21.3 Å². The Balaban J connectivity index is 1.97. The summed E-state index contributed by atoms with van der Waals surface area (Å²) in [5, 5.41) is 11.9. The molecule has 0 bridgehead atoms. The van der Waals surface area contributed by atoms with Crippen molar-refractivity contribution in [2.75, 3.05) is 26.3 Å². The van der Waals surface area contributed by atoms with Gasteiger partial charge in [-0.3, -0.25) is 0 Å². The average Bonchev–Trinajstić information content (AvgIpc) is 3.27. The highest BCUT2D eigenvalue weighted by atomic mass is 32.2. The van der Waals surface area contributed by atoms with Gasteiger partial charge in [0, 0.05) is 31.2 Å². The molecule has 1 aliphatic carbocycles. The molecule has 0 atom stereocenters. The Morgan fingerprint density at radius 2 is 2.04 bits per heavy atom. The zero-order chi connectivity index (χ0) is 19.8. The molecule has 0 unspecified atom stereocenters. The molecule has 1 aliphatic rings. The third-order valence-corrected chi connectivity index (χ3v) is 7.44. The quantitative estimate of drug-likeness (QED) is 0.309. The van der Waals surface area contributed by atoms with E-state index in [4.69, 9.17) is 9.88 Å². The molecule has 1 aromatic rings. The molecule has 9 heteroatoms. The van der Waals surface area contributed by atoms with Crippen molar-refractivity contribution < 1.29 is 13.2 Å². The van der Waals surface area contributed by atoms with Crippen molar-refractivity contribution in [2.24, 2.45) is 15.5 Å². The van der Waals surface area contributed by atoms with E-state index in [1.807, 2.05) is 13.8 Å². The summed E-state index contributed by atoms with van der Waals surface area (Å²) in [4.78, 5) is 5.47. The molecule has 0 spiro atoms. The Bertz CT molecular complexity index is 710. The third kappa shape index (κ3) is 7.06. The minimum atomic E-state index is -3.64. The molecule has 27 heavy (non-hydrogen) atoms. The molecule has 4 N–H and O–H groups in total. The number of aliphatic imine (C=N–C) groups is 1. The molecule has 0 aliphatic heterocycles. The van der Waals surface area contributed by atoms with Gasteiger partial charge < -0.3 is 15.4 Å². The van der Waals surface area contributed by atoms with Crippen LogP contribution < -0.4 is 15.8 Å². The van der Waals surface area contributed by atoms with Crippen molar-refractivity contribution in [2.45, 2.75) is 56.7 Å². The number of primary sulfonamides is 1. The third-order valence-electron chi connectivity index (χ3n) is 4.93. The van der Waals surface area contributed by atoms with Crippen LogP contribution in [0.1, 0.15) is 50.8 Å². The predicted octanol–water partition coefficient (Wildman–Crippen LogP) is 2.44. The maximum atomic E-state index is 11.4. The van der Waals surface area contributed by atoms with Gasteiger partial charge in [0.05, 0.1) is 6.54 Å². The predicted molar refractivity (Wildman–Crippen MR) is 111 cm³/mol. The Morgan fingerprint density at radius 3 is 2.63 bits per heavy atom. The normalized spacial score (nSPS) is 17.2. The Morgan fingerprint density at radius 1 is 1.30 bits per heavy atom. The summed E-state index contributed by atoms with van der Waals surface area (Å²) in [5.41, 5.74) is 0.273. The van der Waals surface area contributed by atoms with Crippen molar-refractivity contribution in [3.05, 3.63) is 17.0 Å². The van der Waals surface area contributed by atoms with Crippen molar-refractivity contribution in [3.63, 3.8) is 0 Å². The van der Waals surface area contributed by atoms with E-state index >= 15 is 0 Å². The summed E-state index contributed by atoms with van der Waals surface area (Å²) in [6.07, 6.45) is 6.04. The first-order chi connectivity index (χ1) is 12.9. The van der Waals surface area contributed by atoms with Crippen LogP contribution in [0.2, 0.25) is 0 Å². The summed E-state index contributed by atoms with van der Waals surface area (Å²) in [5.74, 6) is 0.755. The van der Waals surface area contributed by atoms with E-state index in [9.17, 15) is 8.42 Å². The highest BCUT2D eigenvalue weighted by molar-refractivity contribution is 7.91. The number of rotatable bonds is 10. The lowest BCUT2D eigenvalue weighted by Gasteiger charge is -2.30. The number of hydrogen-bond donors (Lipinski definition) is 3. The zero-order valence-corrected chi connectivity index (χ0v) is 17.9. The Kier molecular flexibility index (Phi) is 8.53. The van der Waals surface area contributed by atoms with E-state index in [0.717, 1.165) is 54.9 Å². The smallest absolute Gasteiger partial charge is 0.247 e. The number of guanidine groups is 1. The molecule has 1 aromatic heterocycles. The van der Waals surface area contributed by atoms with Gasteiger partial charge in [-0.25, -0.2) is 18.5 Å². The lowest BCUT2D eigenvalue weighted by molar-refractivity contribution is 0.105. The number of nitrogens with one attached hydrogen (secondary N) is 2. The summed E-state index contributed by atoms with van der Waals surface area (Å²) >= 11 is 1.16. The topological polar surface area (TPSA) is 106 Å². The van der Waals surface area contributed by atoms with Gasteiger partial charge in [-0.15, -0.1) is 11.3 Å². The monoisotopic (exact) mass is 416 g/mol. The highest BCUT2D eigenvalue weighted by Gasteiger charge is 2.33. The van der Waals surface area contributed by atoms with Crippen LogP contribution in [0.4, 0.5) is 0 Å². The van der Waals surface area contributed by atoms with Gasteiger partial charge in [0.1, 0.15) is 4.21 Å². The summed E-state index contributed by atoms with van der Waals surface area (Å²) < 4.78 is 28.5. The number of nitrogens with zero attached hydrogens (tertiary/aromatic N) is 1. The van der Waals surface area contributed by atoms with E-state index in [1.54, 1.807) is 6.07 Å². The van der Waals surface area contributed by atoms with Gasteiger partial charge in [-0.1, -0.05) is 12.8 Å². The fourth-order valence-corrected chi connectivity index (χ4v) is 5.14. The molecule has 0 radical (unpaired) electrons. The molecule has 0 amide bonds. The summed E-state index contributed by atoms with van der Waals surface area (Å²) in [6, 6.07) is 3.30. The summed E-state index contributed by atoms with van der Waals surface area (Å²) in [6.45, 7) is 7.68. The fourth-order valence-electron chi connectivity index (χ4n) is 3.44. The molecule has 0 saturated heterocycles. The van der Waals surface area contributed by atoms with Gasteiger partial charge >= 0.3 is 0 Å². The van der Waals surface area contributed by atoms with E-state index < -0.39 is 10.0 Å². The first-order valence-corrected chi connectivity index (χ1v) is 12.0. The van der Waals surface area contributed by atoms with Crippen molar-refractivity contribution in [3.8, 4) is 0 Å². The van der Waals surface area contributed by atoms with Gasteiger partial charge in [0.2, 0.25) is 10.0 Å². The number of hydrogen-bond acceptors (Lipinski definition) is 5. The molecular formula is C18H32N4O3S2. The second-order valence-corrected chi connectivity index (χ2v) is 9.93. The lowest BCUT2D eigenvalue weighted by Crippen LogP contribution is -2.43. The van der Waals surface area contributed by atoms with E-state index in [1.165, 1.54) is 31.7 Å². The number of ether oxygens (including phenoxy) is 1. The van der Waals surface area contributed by atoms with Gasteiger partial charge in [-0.05, 0) is 50.7 Å². The van der Waals surface area contributed by atoms with Gasteiger partial charge in [0.25, 0.3) is 0 Å². The first kappa shape index (κ1) is 22.1. The lowest BCUT2D eigenvalue weighted by atomic mass is 9.83. The minimum absolute atomic E-state index is 0.173. The fraction of sp³-hybridized carbons (Fsp3) is 0.722. The number of thiophene rings is 1. The zero-order valence-electron chi connectivity index (χ0n) is 16.3. The molecule has 2 rings (SSSR count). The van der Waals surface area contributed by atoms with E-state index in [2.05, 4.69) is 15.6 Å². The highest BCUT2D eigenvalue weighted by Crippen LogP contribution is 2.40. The van der Waals surface area contributed by atoms with Gasteiger partial charge in [0.15, 0.2) is 5.96 Å². The SMILES string of the molecule is CCNC(=NCc1ccc(S(N)(=O)=O)s1)NCC1(CCOCC)CCCC1. The average molecular weight is 417 g/mol. The van der Waals surface area contributed by atoms with E-state index in [0.29, 0.717) is 6.54 Å². The van der Waals surface area contributed by atoms with Crippen LogP contribution in [0.25, 0.3) is 0 Å². The maximum absolute atomic E-state index is 11.4. The molecule has 0 aromatic carbocycles. The Labute approximate surface area is 166 Å². The molecule has 1 fully saturated rings. The van der Waals surface area contributed by atoms with Crippen LogP contribution >= 0.6 is 11.3 Å². The summed E-state index contributed by atoms with van der Waals surface area (Å²) in [7, 11) is -3.64. The number of nitrogens with two attached hydrogens (primary N) is 1. The standard InChI is InChI=1S/C18H32N4O3S2/c1-3-20-17(21-13-15-7-8-16(26-15)27(19,23)24)22-14-18(9-5-6-10-18)11-12-25-4-2/h7-8H,3-6,9-14H2,1-2H3,(H2,19,23,24)(H2,20,21,22). The Hall–Kier alpha value is -1.16. The van der Waals surface area contributed by atoms with Crippen LogP contribution in [0.15, 0.2) is 21.3 Å². The van der Waals surface area contributed by atoms with E-state index in [-0.39, 0.29) is 9.62 Å². The molecule has 7 nitrogen and oxygen atoms in total. The van der Waals surface area contributed by atoms with Crippen LogP contribution in [0, 0.1) is 5.41 Å². The van der Waals surface area contributed by atoms with Crippen molar-refractivity contribution in [1.29, 1.82) is 0 Å². The van der Waals surface area contributed by atoms with Crippen LogP contribution in [0.5, 0.6) is 0 Å². The first-order valence-electron chi connectivity index (χ1n) is 9.60. The second kappa shape index (κ2) is 10.4. The van der Waals surface area contributed by atoms with Crippen molar-refractivity contribution >= 4 is 27.3 Å². The molecule has 1 saturated carbocycles.